The molecule has 0 amide bonds. The largest absolute Gasteiger partial charge is 0.457 e. The Kier molecular flexibility index (Phi) is 8.83. The fourth-order valence-electron chi connectivity index (χ4n) is 5.03. The summed E-state index contributed by atoms with van der Waals surface area (Å²) in [6.45, 7) is 4.37. The number of hydrogen-bond acceptors (Lipinski definition) is 3. The molecule has 0 N–H and O–H groups in total. The molecule has 1 aliphatic rings. The summed E-state index contributed by atoms with van der Waals surface area (Å²) in [5.74, 6) is -42.2. The molecule has 0 spiro atoms. The van der Waals surface area contributed by atoms with Crippen LogP contribution in [0, 0.1) is 20.8 Å². The van der Waals surface area contributed by atoms with E-state index in [9.17, 15) is 47.9 Å². The molecule has 0 bridgehead atoms. The Bertz CT molecular complexity index is 1680. The lowest BCUT2D eigenvalue weighted by Gasteiger charge is -2.56. The molecular formula is C29H21F15O3S2. The Balaban J connectivity index is 2.15. The molecule has 3 aromatic carbocycles. The summed E-state index contributed by atoms with van der Waals surface area (Å²) in [4.78, 5) is -1.54. The predicted octanol–water partition coefficient (Wildman–Crippen LogP) is 10.3. The Morgan fingerprint density at radius 1 is 0.490 bits per heavy atom. The van der Waals surface area contributed by atoms with Crippen LogP contribution < -0.4 is 0 Å². The lowest BCUT2D eigenvalue weighted by atomic mass is 9.69. The van der Waals surface area contributed by atoms with Gasteiger partial charge in [-0.2, -0.15) is 65.5 Å². The summed E-state index contributed by atoms with van der Waals surface area (Å²) < 4.78 is 252. The van der Waals surface area contributed by atoms with E-state index in [2.05, 4.69) is 0 Å². The van der Waals surface area contributed by atoms with E-state index in [1.165, 1.54) is 57.2 Å². The van der Waals surface area contributed by atoms with Gasteiger partial charge in [-0.15, -0.1) is 0 Å². The molecule has 0 atom stereocenters. The van der Waals surface area contributed by atoms with Gasteiger partial charge < -0.3 is 0 Å². The summed E-state index contributed by atoms with van der Waals surface area (Å²) in [6, 6.07) is 13.1. The van der Waals surface area contributed by atoms with E-state index < -0.39 is 81.6 Å². The van der Waals surface area contributed by atoms with Crippen molar-refractivity contribution in [2.24, 2.45) is 0 Å². The minimum atomic E-state index is -8.67. The second kappa shape index (κ2) is 11.2. The normalized spacial score (nSPS) is 25.5. The molecule has 49 heavy (non-hydrogen) atoms. The van der Waals surface area contributed by atoms with Crippen LogP contribution in [0.15, 0.2) is 87.5 Å². The Hall–Kier alpha value is -3.13. The van der Waals surface area contributed by atoms with Crippen LogP contribution in [0.4, 0.5) is 65.9 Å². The average Bonchev–Trinajstić information content (AvgIpc) is 2.98. The summed E-state index contributed by atoms with van der Waals surface area (Å²) in [5.41, 5.74) is -7.49. The number of rotatable bonds is 7. The van der Waals surface area contributed by atoms with Gasteiger partial charge in [0.05, 0.1) is 0 Å². The molecule has 1 fully saturated rings. The zero-order valence-electron chi connectivity index (χ0n) is 24.6. The van der Waals surface area contributed by atoms with Gasteiger partial charge in [0.15, 0.2) is 0 Å². The number of alkyl halides is 15. The van der Waals surface area contributed by atoms with Crippen LogP contribution in [0.25, 0.3) is 0 Å². The molecule has 0 aromatic heterocycles. The van der Waals surface area contributed by atoms with Crippen molar-refractivity contribution in [1.29, 1.82) is 0 Å². The smallest absolute Gasteiger partial charge is 0.223 e. The lowest BCUT2D eigenvalue weighted by Crippen LogP contribution is -2.90. The van der Waals surface area contributed by atoms with Crippen LogP contribution in [0.3, 0.4) is 0 Å². The molecule has 0 aliphatic heterocycles. The van der Waals surface area contributed by atoms with Gasteiger partial charge >= 0.3 is 56.6 Å². The van der Waals surface area contributed by atoms with E-state index in [0.717, 1.165) is 36.4 Å². The molecule has 20 heteroatoms. The standard InChI is InChI=1S/C29H21F15O3S2/c1-16-4-10-19(11-5-16)48(20-12-6-17(2)7-13-20,21-14-8-18(3)9-15-21)47-49(45,46)28(41)26(37,38)23(31,32)22(30,24(33,34)27(28,39)40)25(35,36)29(42,43)44/h4-15H,1-3H3. The Morgan fingerprint density at radius 3 is 1.00 bits per heavy atom. The minimum absolute atomic E-state index is 0.393. The maximum Gasteiger partial charge on any atom is 0.457 e. The number of aryl methyl sites for hydroxylation is 3. The van der Waals surface area contributed by atoms with Crippen molar-refractivity contribution in [3.8, 4) is 0 Å². The van der Waals surface area contributed by atoms with Crippen molar-refractivity contribution in [3.63, 3.8) is 0 Å². The van der Waals surface area contributed by atoms with Crippen molar-refractivity contribution in [1.82, 2.24) is 0 Å². The number of halogens is 15. The van der Waals surface area contributed by atoms with Gasteiger partial charge in [-0.1, -0.05) is 53.1 Å². The fourth-order valence-corrected chi connectivity index (χ4v) is 10.7. The maximum atomic E-state index is 16.3. The van der Waals surface area contributed by atoms with Crippen LogP contribution in [0.2, 0.25) is 0 Å². The van der Waals surface area contributed by atoms with Crippen molar-refractivity contribution in [3.05, 3.63) is 89.5 Å². The monoisotopic (exact) mass is 766 g/mol. The van der Waals surface area contributed by atoms with E-state index in [4.69, 9.17) is 3.63 Å². The molecule has 3 nitrogen and oxygen atoms in total. The van der Waals surface area contributed by atoms with Crippen molar-refractivity contribution in [2.75, 3.05) is 0 Å². The third kappa shape index (κ3) is 4.74. The van der Waals surface area contributed by atoms with Gasteiger partial charge in [0.2, 0.25) is 0 Å². The summed E-state index contributed by atoms with van der Waals surface area (Å²) in [7, 11) is -12.8. The SMILES string of the molecule is Cc1ccc(S(OS(=O)(=O)C2(F)C(F)(F)C(F)(F)C(F)(C(F)(F)C(F)(F)F)C(F)(F)C2(F)F)(c2ccc(C)cc2)c2ccc(C)cc2)cc1. The first-order chi connectivity index (χ1) is 22.0. The highest BCUT2D eigenvalue weighted by atomic mass is 32.3. The molecule has 1 saturated carbocycles. The van der Waals surface area contributed by atoms with Crippen LogP contribution in [-0.4, -0.2) is 54.9 Å². The number of hydrogen-bond donors (Lipinski definition) is 0. The van der Waals surface area contributed by atoms with E-state index in [0.29, 0.717) is 16.7 Å². The van der Waals surface area contributed by atoms with Gasteiger partial charge in [0.1, 0.15) is 0 Å². The van der Waals surface area contributed by atoms with Crippen LogP contribution >= 0.6 is 10.3 Å². The number of benzene rings is 3. The summed E-state index contributed by atoms with van der Waals surface area (Å²) in [6.07, 6.45) is -8.01. The molecule has 4 rings (SSSR count). The van der Waals surface area contributed by atoms with E-state index >= 15 is 26.3 Å². The first-order valence-electron chi connectivity index (χ1n) is 13.3. The lowest BCUT2D eigenvalue weighted by molar-refractivity contribution is -0.493. The van der Waals surface area contributed by atoms with Gasteiger partial charge in [-0.3, -0.25) is 0 Å². The molecule has 0 heterocycles. The highest BCUT2D eigenvalue weighted by molar-refractivity contribution is 8.33. The highest BCUT2D eigenvalue weighted by Crippen LogP contribution is 2.77. The second-order valence-corrected chi connectivity index (χ2v) is 15.7. The Morgan fingerprint density at radius 2 is 0.755 bits per heavy atom. The molecule has 272 valence electrons. The summed E-state index contributed by atoms with van der Waals surface area (Å²) in [5, 5.41) is -7.92. The third-order valence-corrected chi connectivity index (χ3v) is 13.4. The van der Waals surface area contributed by atoms with Crippen LogP contribution in [-0.2, 0) is 13.7 Å². The molecule has 0 saturated heterocycles. The van der Waals surface area contributed by atoms with Crippen molar-refractivity contribution < 1.29 is 77.9 Å². The van der Waals surface area contributed by atoms with Gasteiger partial charge in [0.25, 0.3) is 0 Å². The molecule has 0 radical (unpaired) electrons. The van der Waals surface area contributed by atoms with Crippen LogP contribution in [0.1, 0.15) is 16.7 Å². The Labute approximate surface area is 269 Å². The van der Waals surface area contributed by atoms with Gasteiger partial charge in [-0.05, 0) is 67.5 Å². The van der Waals surface area contributed by atoms with E-state index in [1.807, 2.05) is 0 Å². The maximum absolute atomic E-state index is 16.3. The van der Waals surface area contributed by atoms with E-state index in [1.54, 1.807) is 0 Å². The average molecular weight is 767 g/mol. The van der Waals surface area contributed by atoms with Crippen LogP contribution in [0.5, 0.6) is 0 Å². The second-order valence-electron chi connectivity index (χ2n) is 11.1. The van der Waals surface area contributed by atoms with E-state index in [-0.39, 0.29) is 0 Å². The molecule has 1 aliphatic carbocycles. The first-order valence-corrected chi connectivity index (χ1v) is 16.2. The van der Waals surface area contributed by atoms with Crippen molar-refractivity contribution >= 4 is 20.4 Å². The predicted molar refractivity (Wildman–Crippen MR) is 144 cm³/mol. The zero-order chi connectivity index (χ0) is 37.7. The first kappa shape index (κ1) is 38.7. The third-order valence-electron chi connectivity index (χ3n) is 7.85. The minimum Gasteiger partial charge on any atom is -0.223 e. The van der Waals surface area contributed by atoms with Gasteiger partial charge in [0, 0.05) is 14.7 Å². The highest BCUT2D eigenvalue weighted by Gasteiger charge is 3.08. The zero-order valence-corrected chi connectivity index (χ0v) is 26.3. The fraction of sp³-hybridized carbons (Fsp3) is 0.379. The van der Waals surface area contributed by atoms with Crippen molar-refractivity contribution in [2.45, 2.75) is 81.9 Å². The molecule has 3 aromatic rings. The molecular weight excluding hydrogens is 745 g/mol. The quantitative estimate of drug-likeness (QED) is 0.225. The topological polar surface area (TPSA) is 43.4 Å². The molecule has 0 unspecified atom stereocenters. The summed E-state index contributed by atoms with van der Waals surface area (Å²) >= 11 is 0. The van der Waals surface area contributed by atoms with Gasteiger partial charge in [-0.25, -0.2) is 12.4 Å².